The number of carbonyl (C=O) groups excluding carboxylic acids is 1. The Bertz CT molecular complexity index is 1510. The third kappa shape index (κ3) is 6.07. The van der Waals surface area contributed by atoms with Crippen LogP contribution in [-0.2, 0) is 27.7 Å². The molecule has 206 valence electrons. The minimum absolute atomic E-state index is 0.0240. The first-order valence-corrected chi connectivity index (χ1v) is 13.7. The highest BCUT2D eigenvalue weighted by Crippen LogP contribution is 2.29. The highest BCUT2D eigenvalue weighted by molar-refractivity contribution is 7.92. The topological polar surface area (TPSA) is 134 Å². The van der Waals surface area contributed by atoms with Gasteiger partial charge in [0.05, 0.1) is 17.2 Å². The van der Waals surface area contributed by atoms with Crippen LogP contribution in [0.15, 0.2) is 41.5 Å². The fourth-order valence-corrected chi connectivity index (χ4v) is 4.88. The normalized spacial score (nSPS) is 13.6. The summed E-state index contributed by atoms with van der Waals surface area (Å²) in [6.45, 7) is 2.94. The van der Waals surface area contributed by atoms with Crippen molar-refractivity contribution in [1.82, 2.24) is 25.2 Å². The lowest BCUT2D eigenvalue weighted by Crippen LogP contribution is -2.50. The molecule has 0 saturated carbocycles. The van der Waals surface area contributed by atoms with Crippen LogP contribution in [0.4, 0.5) is 8.78 Å². The van der Waals surface area contributed by atoms with Gasteiger partial charge >= 0.3 is 0 Å². The lowest BCUT2D eigenvalue weighted by molar-refractivity contribution is -0.131. The van der Waals surface area contributed by atoms with Crippen LogP contribution in [-0.4, -0.2) is 72.2 Å². The van der Waals surface area contributed by atoms with Crippen LogP contribution in [0.5, 0.6) is 0 Å². The molecule has 0 aliphatic heterocycles. The maximum atomic E-state index is 15.1. The average Bonchev–Trinajstić information content (AvgIpc) is 2.86. The second-order valence-electron chi connectivity index (χ2n) is 9.44. The highest BCUT2D eigenvalue weighted by Gasteiger charge is 2.43. The van der Waals surface area contributed by atoms with Gasteiger partial charge in [-0.05, 0) is 51.2 Å². The maximum absolute atomic E-state index is 15.1. The number of nitrogens with one attached hydrogen (secondary N) is 2. The van der Waals surface area contributed by atoms with E-state index in [9.17, 15) is 22.4 Å². The minimum atomic E-state index is -3.97. The van der Waals surface area contributed by atoms with Gasteiger partial charge in [-0.25, -0.2) is 27.7 Å². The number of hydrogen-bond acceptors (Lipinski definition) is 8. The Morgan fingerprint density at radius 2 is 1.87 bits per heavy atom. The number of hydrogen-bond donors (Lipinski definition) is 3. The van der Waals surface area contributed by atoms with Gasteiger partial charge in [0.2, 0.25) is 0 Å². The fourth-order valence-electron chi connectivity index (χ4n) is 4.03. The monoisotopic (exact) mass is 551 g/mol. The minimum Gasteiger partial charge on any atom is -0.318 e. The van der Waals surface area contributed by atoms with E-state index in [1.807, 2.05) is 19.0 Å². The molecule has 0 aliphatic carbocycles. The van der Waals surface area contributed by atoms with Crippen molar-refractivity contribution in [1.29, 1.82) is 0 Å². The molecule has 1 heterocycles. The number of hydroxylamine groups is 1. The van der Waals surface area contributed by atoms with Crippen LogP contribution in [0.2, 0.25) is 0 Å². The SMILES string of the molecule is CNCCN(C)Cc1ccc(-c2cc3ncn(CC[C@](C)(C(=O)NO)S(C)(=O)=O)c(=O)c3cc2F)c(F)c1. The van der Waals surface area contributed by atoms with Gasteiger partial charge in [0, 0.05) is 43.6 Å². The molecule has 3 rings (SSSR count). The summed E-state index contributed by atoms with van der Waals surface area (Å²) in [5.41, 5.74) is 1.49. The summed E-state index contributed by atoms with van der Waals surface area (Å²) in [7, 11) is -0.216. The van der Waals surface area contributed by atoms with E-state index >= 15 is 4.39 Å². The van der Waals surface area contributed by atoms with Crippen LogP contribution in [0.1, 0.15) is 18.9 Å². The fraction of sp³-hybridized carbons (Fsp3) is 0.400. The predicted octanol–water partition coefficient (Wildman–Crippen LogP) is 1.69. The molecule has 0 bridgehead atoms. The van der Waals surface area contributed by atoms with E-state index in [0.29, 0.717) is 6.54 Å². The highest BCUT2D eigenvalue weighted by atomic mass is 32.2. The lowest BCUT2D eigenvalue weighted by Gasteiger charge is -2.25. The summed E-state index contributed by atoms with van der Waals surface area (Å²) in [4.78, 5) is 31.2. The number of likely N-dealkylation sites (N-methyl/N-ethyl adjacent to an activating group) is 2. The molecule has 0 aliphatic rings. The molecular weight excluding hydrogens is 520 g/mol. The molecule has 0 unspecified atom stereocenters. The van der Waals surface area contributed by atoms with Gasteiger partial charge in [-0.1, -0.05) is 12.1 Å². The van der Waals surface area contributed by atoms with Gasteiger partial charge in [-0.2, -0.15) is 0 Å². The first-order chi connectivity index (χ1) is 17.8. The van der Waals surface area contributed by atoms with E-state index in [4.69, 9.17) is 5.21 Å². The van der Waals surface area contributed by atoms with Crippen LogP contribution in [0.3, 0.4) is 0 Å². The van der Waals surface area contributed by atoms with E-state index in [0.717, 1.165) is 48.8 Å². The van der Waals surface area contributed by atoms with E-state index in [-0.39, 0.29) is 35.0 Å². The number of rotatable bonds is 11. The van der Waals surface area contributed by atoms with Crippen molar-refractivity contribution >= 4 is 26.6 Å². The van der Waals surface area contributed by atoms with Crippen molar-refractivity contribution in [2.75, 3.05) is 33.4 Å². The smallest absolute Gasteiger partial charge is 0.264 e. The number of aryl methyl sites for hydroxylation is 1. The van der Waals surface area contributed by atoms with E-state index in [2.05, 4.69) is 10.3 Å². The number of sulfone groups is 1. The van der Waals surface area contributed by atoms with Crippen molar-refractivity contribution in [3.05, 3.63) is 64.2 Å². The van der Waals surface area contributed by atoms with Crippen LogP contribution < -0.4 is 16.4 Å². The second-order valence-corrected chi connectivity index (χ2v) is 11.9. The Balaban J connectivity index is 1.92. The first kappa shape index (κ1) is 29.3. The zero-order valence-corrected chi connectivity index (χ0v) is 22.4. The van der Waals surface area contributed by atoms with E-state index in [1.165, 1.54) is 23.7 Å². The molecule has 3 N–H and O–H groups in total. The molecular formula is C25H31F2N5O5S. The van der Waals surface area contributed by atoms with Crippen molar-refractivity contribution < 1.29 is 27.2 Å². The maximum Gasteiger partial charge on any atom is 0.264 e. The van der Waals surface area contributed by atoms with Gasteiger partial charge in [0.25, 0.3) is 11.5 Å². The number of aromatic nitrogens is 2. The summed E-state index contributed by atoms with van der Waals surface area (Å²) in [6, 6.07) is 6.80. The molecule has 0 spiro atoms. The molecule has 13 heteroatoms. The second kappa shape index (κ2) is 11.6. The molecule has 3 aromatic rings. The Hall–Kier alpha value is -3.26. The van der Waals surface area contributed by atoms with Gasteiger partial charge in [0.1, 0.15) is 11.6 Å². The largest absolute Gasteiger partial charge is 0.318 e. The van der Waals surface area contributed by atoms with E-state index < -0.39 is 37.7 Å². The van der Waals surface area contributed by atoms with Gasteiger partial charge < -0.3 is 10.2 Å². The van der Waals surface area contributed by atoms with Gasteiger partial charge in [-0.15, -0.1) is 0 Å². The molecule has 1 atom stereocenters. The molecule has 2 aromatic carbocycles. The predicted molar refractivity (Wildman–Crippen MR) is 139 cm³/mol. The first-order valence-electron chi connectivity index (χ1n) is 11.8. The molecule has 38 heavy (non-hydrogen) atoms. The molecule has 1 aromatic heterocycles. The molecule has 10 nitrogen and oxygen atoms in total. The Kier molecular flexibility index (Phi) is 8.97. The summed E-state index contributed by atoms with van der Waals surface area (Å²) in [5, 5.41) is 11.9. The van der Waals surface area contributed by atoms with Crippen molar-refractivity contribution in [2.24, 2.45) is 0 Å². The summed E-state index contributed by atoms with van der Waals surface area (Å²) < 4.78 is 53.5. The lowest BCUT2D eigenvalue weighted by atomic mass is 10.0. The quantitative estimate of drug-likeness (QED) is 0.242. The van der Waals surface area contributed by atoms with Gasteiger partial charge in [0.15, 0.2) is 14.6 Å². The average molecular weight is 552 g/mol. The van der Waals surface area contributed by atoms with Crippen molar-refractivity contribution in [3.8, 4) is 11.1 Å². The Morgan fingerprint density at radius 1 is 1.18 bits per heavy atom. The number of benzene rings is 2. The van der Waals surface area contributed by atoms with Crippen LogP contribution in [0.25, 0.3) is 22.0 Å². The van der Waals surface area contributed by atoms with Crippen molar-refractivity contribution in [2.45, 2.75) is 31.2 Å². The third-order valence-corrected chi connectivity index (χ3v) is 8.69. The molecule has 1 amide bonds. The number of fused-ring (bicyclic) bond motifs is 1. The zero-order valence-electron chi connectivity index (χ0n) is 21.6. The number of carbonyl (C=O) groups is 1. The number of halogens is 2. The van der Waals surface area contributed by atoms with Crippen molar-refractivity contribution in [3.63, 3.8) is 0 Å². The Labute approximate surface area is 219 Å². The standard InChI is InChI=1S/C25H31F2N5O5S/c1-25(24(34)30-35,38(4,36)37)7-9-32-15-29-22-13-18(21(27)12-19(22)23(32)33)17-6-5-16(11-20(17)26)14-31(3)10-8-28-2/h5-6,11-13,15,28,35H,7-10,14H2,1-4H3,(H,30,34)/t25-/m1/s1. The Morgan fingerprint density at radius 3 is 2.47 bits per heavy atom. The van der Waals surface area contributed by atoms with Gasteiger partial charge in [-0.3, -0.25) is 19.4 Å². The van der Waals surface area contributed by atoms with E-state index in [1.54, 1.807) is 6.07 Å². The number of nitrogens with zero attached hydrogens (tertiary/aromatic N) is 3. The molecule has 0 radical (unpaired) electrons. The number of amides is 1. The summed E-state index contributed by atoms with van der Waals surface area (Å²) in [6.07, 6.45) is 1.63. The summed E-state index contributed by atoms with van der Waals surface area (Å²) >= 11 is 0. The molecule has 0 saturated heterocycles. The summed E-state index contributed by atoms with van der Waals surface area (Å²) in [5.74, 6) is -2.58. The van der Waals surface area contributed by atoms with Crippen LogP contribution in [0, 0.1) is 11.6 Å². The third-order valence-electron chi connectivity index (χ3n) is 6.66. The van der Waals surface area contributed by atoms with Crippen LogP contribution >= 0.6 is 0 Å². The molecule has 0 fully saturated rings. The zero-order chi connectivity index (χ0) is 28.3.